The number of nitrogens with zero attached hydrogens (tertiary/aromatic N) is 4. The molecule has 2 fully saturated rings. The molecule has 10 heteroatoms. The zero-order valence-electron chi connectivity index (χ0n) is 18.5. The number of hydrogen-bond acceptors (Lipinski definition) is 8. The number of aliphatic hydroxyl groups is 2. The highest BCUT2D eigenvalue weighted by Crippen LogP contribution is 2.51. The fraction of sp³-hybridized carbons (Fsp3) is 0.375. The normalized spacial score (nSPS) is 28.7. The molecule has 9 nitrogen and oxygen atoms in total. The molecule has 1 aliphatic carbocycles. The van der Waals surface area contributed by atoms with Crippen LogP contribution in [-0.2, 0) is 11.2 Å². The highest BCUT2D eigenvalue weighted by atomic mass is 35.5. The van der Waals surface area contributed by atoms with Crippen LogP contribution in [0.1, 0.15) is 30.2 Å². The number of aliphatic hydroxyl groups excluding tert-OH is 1. The van der Waals surface area contributed by atoms with Crippen molar-refractivity contribution >= 4 is 45.2 Å². The molecule has 3 aromatic heterocycles. The third kappa shape index (κ3) is 3.08. The molecule has 6 rings (SSSR count). The summed E-state index contributed by atoms with van der Waals surface area (Å²) in [6.07, 6.45) is 2.69. The fourth-order valence-corrected chi connectivity index (χ4v) is 5.84. The van der Waals surface area contributed by atoms with Crippen molar-refractivity contribution in [3.05, 3.63) is 52.9 Å². The average molecular weight is 481 g/mol. The number of pyridine rings is 1. The average Bonchev–Trinajstić information content (AvgIpc) is 3.39. The number of nitrogen functional groups attached to an aromatic ring is 2. The van der Waals surface area contributed by atoms with Gasteiger partial charge in [0.25, 0.3) is 0 Å². The van der Waals surface area contributed by atoms with Gasteiger partial charge >= 0.3 is 0 Å². The number of fused-ring (bicyclic) bond motifs is 3. The summed E-state index contributed by atoms with van der Waals surface area (Å²) in [5.41, 5.74) is 13.9. The van der Waals surface area contributed by atoms with Crippen LogP contribution in [0.15, 0.2) is 36.8 Å². The van der Waals surface area contributed by atoms with Crippen LogP contribution >= 0.6 is 11.6 Å². The first-order chi connectivity index (χ1) is 16.3. The molecule has 4 aromatic rings. The SMILES string of the molecule is Cc1cn([C@@H]2O[C@@H]3[C@H](Cc4ccc5cc(Cl)c(N)nc5c4)CC[C@]3(O)[C@H]2O)c2ncnc(N)c12. The van der Waals surface area contributed by atoms with Gasteiger partial charge in [-0.15, -0.1) is 0 Å². The van der Waals surface area contributed by atoms with Crippen LogP contribution in [0, 0.1) is 12.8 Å². The van der Waals surface area contributed by atoms with Crippen molar-refractivity contribution in [2.45, 2.75) is 50.2 Å². The number of benzene rings is 1. The highest BCUT2D eigenvalue weighted by Gasteiger charge is 2.61. The molecule has 1 aliphatic heterocycles. The smallest absolute Gasteiger partial charge is 0.164 e. The van der Waals surface area contributed by atoms with Crippen molar-refractivity contribution in [2.24, 2.45) is 5.92 Å². The Labute approximate surface area is 200 Å². The first-order valence-electron chi connectivity index (χ1n) is 11.2. The molecule has 1 aromatic carbocycles. The molecule has 34 heavy (non-hydrogen) atoms. The first-order valence-corrected chi connectivity index (χ1v) is 11.6. The van der Waals surface area contributed by atoms with Gasteiger partial charge in [-0.25, -0.2) is 15.0 Å². The van der Waals surface area contributed by atoms with E-state index in [4.69, 9.17) is 27.8 Å². The van der Waals surface area contributed by atoms with Crippen LogP contribution in [0.3, 0.4) is 0 Å². The highest BCUT2D eigenvalue weighted by molar-refractivity contribution is 6.33. The second-order valence-electron chi connectivity index (χ2n) is 9.45. The van der Waals surface area contributed by atoms with Gasteiger partial charge in [-0.1, -0.05) is 23.7 Å². The molecular weight excluding hydrogens is 456 g/mol. The Bertz CT molecular complexity index is 1440. The van der Waals surface area contributed by atoms with Crippen molar-refractivity contribution in [1.82, 2.24) is 19.5 Å². The lowest BCUT2D eigenvalue weighted by molar-refractivity contribution is -0.0675. The molecule has 5 atom stereocenters. The second-order valence-corrected chi connectivity index (χ2v) is 9.85. The third-order valence-corrected chi connectivity index (χ3v) is 7.67. The maximum Gasteiger partial charge on any atom is 0.164 e. The van der Waals surface area contributed by atoms with Gasteiger partial charge in [0.15, 0.2) is 6.23 Å². The summed E-state index contributed by atoms with van der Waals surface area (Å²) in [6.45, 7) is 1.91. The maximum absolute atomic E-state index is 11.5. The molecule has 6 N–H and O–H groups in total. The van der Waals surface area contributed by atoms with Gasteiger partial charge < -0.3 is 31.0 Å². The van der Waals surface area contributed by atoms with Gasteiger partial charge in [-0.05, 0) is 55.4 Å². The van der Waals surface area contributed by atoms with Gasteiger partial charge in [0.1, 0.15) is 35.3 Å². The van der Waals surface area contributed by atoms with Crippen molar-refractivity contribution in [3.63, 3.8) is 0 Å². The third-order valence-electron chi connectivity index (χ3n) is 7.37. The standard InChI is InChI=1S/C24H25ClN6O3/c1-11-9-31(22-17(11)21(27)28-10-29-22)23-18(32)24(33)5-4-14(19(24)34-23)6-12-2-3-13-8-15(25)20(26)30-16(13)7-12/h2-3,7-10,14,18-19,23,32-33H,4-6H2,1H3,(H2,26,30)(H2,27,28,29)/t14-,18-,19+,23+,24-/m0/s1. The molecule has 0 unspecified atom stereocenters. The number of ether oxygens (including phenoxy) is 1. The zero-order valence-corrected chi connectivity index (χ0v) is 19.3. The topological polar surface area (TPSA) is 145 Å². The number of nitrogens with two attached hydrogens (primary N) is 2. The number of hydrogen-bond donors (Lipinski definition) is 4. The minimum absolute atomic E-state index is 0.0226. The van der Waals surface area contributed by atoms with Crippen LogP contribution in [-0.4, -0.2) is 47.5 Å². The quantitative estimate of drug-likeness (QED) is 0.350. The van der Waals surface area contributed by atoms with Crippen molar-refractivity contribution in [1.29, 1.82) is 0 Å². The summed E-state index contributed by atoms with van der Waals surface area (Å²) in [5.74, 6) is 0.692. The molecule has 0 bridgehead atoms. The van der Waals surface area contributed by atoms with E-state index in [0.29, 0.717) is 35.1 Å². The number of aromatic nitrogens is 4. The van der Waals surface area contributed by atoms with E-state index in [1.165, 1.54) is 6.33 Å². The lowest BCUT2D eigenvalue weighted by Gasteiger charge is -2.26. The number of anilines is 2. The molecule has 4 heterocycles. The Morgan fingerprint density at radius 2 is 2.06 bits per heavy atom. The number of halogens is 1. The van der Waals surface area contributed by atoms with E-state index < -0.39 is 24.0 Å². The van der Waals surface area contributed by atoms with E-state index in [0.717, 1.165) is 33.8 Å². The molecule has 0 radical (unpaired) electrons. The van der Waals surface area contributed by atoms with Crippen LogP contribution in [0.5, 0.6) is 0 Å². The Kier molecular flexibility index (Phi) is 4.76. The number of aryl methyl sites for hydroxylation is 1. The Morgan fingerprint density at radius 3 is 2.88 bits per heavy atom. The summed E-state index contributed by atoms with van der Waals surface area (Å²) < 4.78 is 8.12. The monoisotopic (exact) mass is 480 g/mol. The Balaban J connectivity index is 1.31. The molecule has 0 spiro atoms. The molecule has 1 saturated heterocycles. The maximum atomic E-state index is 11.5. The molecule has 0 amide bonds. The Morgan fingerprint density at radius 1 is 1.24 bits per heavy atom. The van der Waals surface area contributed by atoms with Crippen molar-refractivity contribution < 1.29 is 14.9 Å². The van der Waals surface area contributed by atoms with Crippen LogP contribution in [0.2, 0.25) is 5.02 Å². The lowest BCUT2D eigenvalue weighted by Crippen LogP contribution is -2.45. The predicted molar refractivity (Wildman–Crippen MR) is 129 cm³/mol. The van der Waals surface area contributed by atoms with E-state index in [-0.39, 0.29) is 5.92 Å². The fourth-order valence-electron chi connectivity index (χ4n) is 5.69. The Hall–Kier alpha value is -2.98. The molecule has 1 saturated carbocycles. The first kappa shape index (κ1) is 21.5. The number of rotatable bonds is 3. The van der Waals surface area contributed by atoms with E-state index >= 15 is 0 Å². The molecular formula is C24H25ClN6O3. The minimum Gasteiger partial charge on any atom is -0.385 e. The largest absolute Gasteiger partial charge is 0.385 e. The van der Waals surface area contributed by atoms with Crippen molar-refractivity contribution in [2.75, 3.05) is 11.5 Å². The molecule has 2 aliphatic rings. The van der Waals surface area contributed by atoms with Crippen LogP contribution in [0.25, 0.3) is 21.9 Å². The zero-order chi connectivity index (χ0) is 23.8. The summed E-state index contributed by atoms with van der Waals surface area (Å²) in [6, 6.07) is 7.79. The van der Waals surface area contributed by atoms with Gasteiger partial charge in [-0.2, -0.15) is 0 Å². The van der Waals surface area contributed by atoms with Crippen molar-refractivity contribution in [3.8, 4) is 0 Å². The van der Waals surface area contributed by atoms with Crippen LogP contribution < -0.4 is 11.5 Å². The van der Waals surface area contributed by atoms with Gasteiger partial charge in [0.05, 0.1) is 22.0 Å². The van der Waals surface area contributed by atoms with Crippen LogP contribution in [0.4, 0.5) is 11.6 Å². The van der Waals surface area contributed by atoms with E-state index in [2.05, 4.69) is 15.0 Å². The lowest BCUT2D eigenvalue weighted by atomic mass is 9.90. The van der Waals surface area contributed by atoms with E-state index in [1.807, 2.05) is 31.3 Å². The summed E-state index contributed by atoms with van der Waals surface area (Å²) in [4.78, 5) is 12.8. The summed E-state index contributed by atoms with van der Waals surface area (Å²) in [7, 11) is 0. The molecule has 176 valence electrons. The summed E-state index contributed by atoms with van der Waals surface area (Å²) >= 11 is 6.09. The van der Waals surface area contributed by atoms with E-state index in [1.54, 1.807) is 10.6 Å². The van der Waals surface area contributed by atoms with Gasteiger partial charge in [0, 0.05) is 11.6 Å². The minimum atomic E-state index is -1.34. The van der Waals surface area contributed by atoms with Gasteiger partial charge in [-0.3, -0.25) is 0 Å². The predicted octanol–water partition coefficient (Wildman–Crippen LogP) is 2.75. The van der Waals surface area contributed by atoms with E-state index in [9.17, 15) is 10.2 Å². The van der Waals surface area contributed by atoms with Gasteiger partial charge in [0.2, 0.25) is 0 Å². The summed E-state index contributed by atoms with van der Waals surface area (Å²) in [5, 5.41) is 24.7. The second kappa shape index (κ2) is 7.51.